The van der Waals surface area contributed by atoms with Crippen molar-refractivity contribution in [2.24, 2.45) is 7.05 Å². The Bertz CT molecular complexity index is 988. The predicted molar refractivity (Wildman–Crippen MR) is 129 cm³/mol. The first-order chi connectivity index (χ1) is 15.5. The summed E-state index contributed by atoms with van der Waals surface area (Å²) in [6, 6.07) is 6.65. The van der Waals surface area contributed by atoms with Crippen LogP contribution < -0.4 is 4.90 Å². The summed E-state index contributed by atoms with van der Waals surface area (Å²) in [5.74, 6) is 0.142. The second-order valence-electron chi connectivity index (χ2n) is 9.60. The lowest BCUT2D eigenvalue weighted by Crippen LogP contribution is -2.52. The molecule has 7 heteroatoms. The monoisotopic (exact) mass is 455 g/mol. The quantitative estimate of drug-likeness (QED) is 0.708. The number of aromatic nitrogens is 2. The van der Waals surface area contributed by atoms with Crippen molar-refractivity contribution in [1.82, 2.24) is 19.6 Å². The van der Waals surface area contributed by atoms with Crippen LogP contribution in [0.2, 0.25) is 5.02 Å². The minimum atomic E-state index is 0.142. The van der Waals surface area contributed by atoms with Gasteiger partial charge in [0.15, 0.2) is 5.69 Å². The van der Waals surface area contributed by atoms with Gasteiger partial charge in [0.05, 0.1) is 0 Å². The molecular formula is C25H34ClN5O. The molecule has 3 heterocycles. The molecule has 2 aromatic rings. The van der Waals surface area contributed by atoms with Crippen molar-refractivity contribution in [3.05, 3.63) is 45.7 Å². The molecule has 1 atom stereocenters. The van der Waals surface area contributed by atoms with Crippen molar-refractivity contribution in [3.63, 3.8) is 0 Å². The molecule has 3 aliphatic rings. The molecule has 32 heavy (non-hydrogen) atoms. The number of rotatable bonds is 3. The van der Waals surface area contributed by atoms with Crippen LogP contribution >= 0.6 is 11.6 Å². The number of piperazine rings is 1. The fraction of sp³-hybridized carbons (Fsp3) is 0.600. The summed E-state index contributed by atoms with van der Waals surface area (Å²) in [5.41, 5.74) is 5.70. The number of carbonyl (C=O) groups is 1. The Morgan fingerprint density at radius 3 is 2.56 bits per heavy atom. The lowest BCUT2D eigenvalue weighted by Gasteiger charge is -2.42. The molecule has 2 aliphatic heterocycles. The van der Waals surface area contributed by atoms with Gasteiger partial charge in [0.25, 0.3) is 5.91 Å². The van der Waals surface area contributed by atoms with E-state index in [1.807, 2.05) is 22.7 Å². The van der Waals surface area contributed by atoms with E-state index in [9.17, 15) is 4.79 Å². The van der Waals surface area contributed by atoms with Crippen LogP contribution in [0.25, 0.3) is 0 Å². The van der Waals surface area contributed by atoms with E-state index in [1.165, 1.54) is 28.9 Å². The van der Waals surface area contributed by atoms with Gasteiger partial charge in [-0.3, -0.25) is 14.4 Å². The molecule has 172 valence electrons. The molecule has 0 bridgehead atoms. The molecule has 1 aromatic heterocycles. The van der Waals surface area contributed by atoms with Crippen LogP contribution in [-0.2, 0) is 19.9 Å². The van der Waals surface area contributed by atoms with Crippen LogP contribution in [-0.4, -0.2) is 70.8 Å². The Labute approximate surface area is 196 Å². The van der Waals surface area contributed by atoms with Gasteiger partial charge < -0.3 is 9.80 Å². The number of benzene rings is 1. The topological polar surface area (TPSA) is 44.6 Å². The summed E-state index contributed by atoms with van der Waals surface area (Å²) in [6.07, 6.45) is 6.53. The SMILES string of the molecule is Cc1ccc(Cl)cc1N1CCN(C2CCc3c(c(C(=O)N4CCCCC4)nn3C)C2)CC1. The Hall–Kier alpha value is -2.05. The molecule has 0 spiro atoms. The maximum Gasteiger partial charge on any atom is 0.274 e. The van der Waals surface area contributed by atoms with Gasteiger partial charge in [-0.25, -0.2) is 0 Å². The second-order valence-corrected chi connectivity index (χ2v) is 10.0. The molecule has 5 rings (SSSR count). The van der Waals surface area contributed by atoms with Crippen molar-refractivity contribution >= 4 is 23.2 Å². The van der Waals surface area contributed by atoms with Crippen LogP contribution in [0.1, 0.15) is 53.0 Å². The number of likely N-dealkylation sites (tertiary alicyclic amines) is 1. The van der Waals surface area contributed by atoms with E-state index in [-0.39, 0.29) is 5.91 Å². The van der Waals surface area contributed by atoms with Gasteiger partial charge in [-0.2, -0.15) is 5.10 Å². The third-order valence-electron chi connectivity index (χ3n) is 7.62. The number of hydrogen-bond donors (Lipinski definition) is 0. The molecule has 0 saturated carbocycles. The van der Waals surface area contributed by atoms with E-state index in [0.29, 0.717) is 11.7 Å². The minimum Gasteiger partial charge on any atom is -0.369 e. The predicted octanol–water partition coefficient (Wildman–Crippen LogP) is 3.69. The number of fused-ring (bicyclic) bond motifs is 1. The molecule has 6 nitrogen and oxygen atoms in total. The number of amides is 1. The number of carbonyl (C=O) groups excluding carboxylic acids is 1. The fourth-order valence-corrected chi connectivity index (χ4v) is 5.92. The first-order valence-electron chi connectivity index (χ1n) is 12.1. The molecule has 0 radical (unpaired) electrons. The largest absolute Gasteiger partial charge is 0.369 e. The zero-order valence-corrected chi connectivity index (χ0v) is 20.1. The molecule has 1 aliphatic carbocycles. The van der Waals surface area contributed by atoms with Crippen LogP contribution in [0.5, 0.6) is 0 Å². The average molecular weight is 456 g/mol. The average Bonchev–Trinajstić information content (AvgIpc) is 3.16. The van der Waals surface area contributed by atoms with Crippen molar-refractivity contribution in [1.29, 1.82) is 0 Å². The van der Waals surface area contributed by atoms with Crippen LogP contribution in [0.3, 0.4) is 0 Å². The molecule has 1 aromatic carbocycles. The highest BCUT2D eigenvalue weighted by Crippen LogP contribution is 2.30. The number of anilines is 1. The highest BCUT2D eigenvalue weighted by molar-refractivity contribution is 6.30. The smallest absolute Gasteiger partial charge is 0.274 e. The van der Waals surface area contributed by atoms with E-state index in [0.717, 1.165) is 76.4 Å². The number of nitrogens with zero attached hydrogens (tertiary/aromatic N) is 5. The van der Waals surface area contributed by atoms with Gasteiger partial charge in [0, 0.05) is 74.3 Å². The van der Waals surface area contributed by atoms with Crippen LogP contribution in [0.15, 0.2) is 18.2 Å². The molecule has 1 unspecified atom stereocenters. The Morgan fingerprint density at radius 2 is 1.81 bits per heavy atom. The van der Waals surface area contributed by atoms with Gasteiger partial charge in [0.2, 0.25) is 0 Å². The highest BCUT2D eigenvalue weighted by atomic mass is 35.5. The van der Waals surface area contributed by atoms with Gasteiger partial charge >= 0.3 is 0 Å². The maximum atomic E-state index is 13.2. The first kappa shape index (κ1) is 21.8. The van der Waals surface area contributed by atoms with E-state index < -0.39 is 0 Å². The lowest BCUT2D eigenvalue weighted by molar-refractivity contribution is 0.0715. The fourth-order valence-electron chi connectivity index (χ4n) is 5.75. The summed E-state index contributed by atoms with van der Waals surface area (Å²) in [6.45, 7) is 8.01. The second kappa shape index (κ2) is 9.06. The van der Waals surface area contributed by atoms with Gasteiger partial charge in [-0.05, 0) is 63.1 Å². The zero-order chi connectivity index (χ0) is 22.2. The normalized spacial score (nSPS) is 22.2. The Balaban J connectivity index is 1.28. The summed E-state index contributed by atoms with van der Waals surface area (Å²) in [4.78, 5) is 20.3. The number of piperidine rings is 1. The Kier molecular flexibility index (Phi) is 6.17. The number of aryl methyl sites for hydroxylation is 2. The molecule has 1 amide bonds. The van der Waals surface area contributed by atoms with Crippen molar-refractivity contribution in [2.45, 2.75) is 51.5 Å². The summed E-state index contributed by atoms with van der Waals surface area (Å²) in [7, 11) is 2.00. The lowest BCUT2D eigenvalue weighted by atomic mass is 9.89. The third kappa shape index (κ3) is 4.15. The van der Waals surface area contributed by atoms with Crippen LogP contribution in [0, 0.1) is 6.92 Å². The zero-order valence-electron chi connectivity index (χ0n) is 19.3. The Morgan fingerprint density at radius 1 is 1.06 bits per heavy atom. The van der Waals surface area contributed by atoms with Gasteiger partial charge in [0.1, 0.15) is 0 Å². The first-order valence-corrected chi connectivity index (χ1v) is 12.5. The standard InChI is InChI=1S/C25H34ClN5O/c1-18-6-7-19(26)16-23(18)30-14-12-29(13-15-30)20-8-9-22-21(17-20)24(27-28(22)2)25(32)31-10-4-3-5-11-31/h6-7,16,20H,3-5,8-15,17H2,1-2H3. The van der Waals surface area contributed by atoms with E-state index >= 15 is 0 Å². The van der Waals surface area contributed by atoms with Crippen LogP contribution in [0.4, 0.5) is 5.69 Å². The summed E-state index contributed by atoms with van der Waals surface area (Å²) < 4.78 is 1.96. The highest BCUT2D eigenvalue weighted by Gasteiger charge is 2.34. The molecule has 2 fully saturated rings. The number of halogens is 1. The van der Waals surface area contributed by atoms with E-state index in [1.54, 1.807) is 0 Å². The molecule has 2 saturated heterocycles. The van der Waals surface area contributed by atoms with Gasteiger partial charge in [-0.15, -0.1) is 0 Å². The van der Waals surface area contributed by atoms with E-state index in [2.05, 4.69) is 28.9 Å². The molecular weight excluding hydrogens is 422 g/mol. The maximum absolute atomic E-state index is 13.2. The number of hydrogen-bond acceptors (Lipinski definition) is 4. The van der Waals surface area contributed by atoms with Crippen molar-refractivity contribution < 1.29 is 4.79 Å². The molecule has 0 N–H and O–H groups in total. The van der Waals surface area contributed by atoms with E-state index in [4.69, 9.17) is 16.7 Å². The van der Waals surface area contributed by atoms with Crippen molar-refractivity contribution in [2.75, 3.05) is 44.2 Å². The minimum absolute atomic E-state index is 0.142. The summed E-state index contributed by atoms with van der Waals surface area (Å²) in [5, 5.41) is 5.50. The summed E-state index contributed by atoms with van der Waals surface area (Å²) >= 11 is 6.26. The van der Waals surface area contributed by atoms with Gasteiger partial charge in [-0.1, -0.05) is 17.7 Å². The van der Waals surface area contributed by atoms with Crippen molar-refractivity contribution in [3.8, 4) is 0 Å². The third-order valence-corrected chi connectivity index (χ3v) is 7.85.